The van der Waals surface area contributed by atoms with E-state index in [1.165, 1.54) is 17.8 Å². The first-order chi connectivity index (χ1) is 15.0. The fourth-order valence-corrected chi connectivity index (χ4v) is 3.89. The lowest BCUT2D eigenvalue weighted by molar-refractivity contribution is -0.113. The van der Waals surface area contributed by atoms with Crippen LogP contribution in [0.5, 0.6) is 0 Å². The molecule has 0 bridgehead atoms. The highest BCUT2D eigenvalue weighted by Crippen LogP contribution is 2.27. The van der Waals surface area contributed by atoms with Crippen molar-refractivity contribution in [3.8, 4) is 11.4 Å². The number of nitrogens with zero attached hydrogens (tertiary/aromatic N) is 3. The van der Waals surface area contributed by atoms with Gasteiger partial charge in [-0.25, -0.2) is 4.39 Å². The van der Waals surface area contributed by atoms with E-state index >= 15 is 0 Å². The summed E-state index contributed by atoms with van der Waals surface area (Å²) >= 11 is 7.23. The van der Waals surface area contributed by atoms with Crippen LogP contribution in [0.25, 0.3) is 11.4 Å². The summed E-state index contributed by atoms with van der Waals surface area (Å²) in [5.74, 6) is 0.512. The molecule has 0 fully saturated rings. The van der Waals surface area contributed by atoms with Crippen LogP contribution in [-0.2, 0) is 11.3 Å². The zero-order valence-electron chi connectivity index (χ0n) is 16.5. The minimum Gasteiger partial charge on any atom is -0.467 e. The Morgan fingerprint density at radius 1 is 1.19 bits per heavy atom. The molecule has 31 heavy (non-hydrogen) atoms. The first-order valence-corrected chi connectivity index (χ1v) is 10.8. The van der Waals surface area contributed by atoms with Gasteiger partial charge in [0, 0.05) is 10.7 Å². The van der Waals surface area contributed by atoms with Gasteiger partial charge >= 0.3 is 0 Å². The molecule has 4 rings (SSSR count). The summed E-state index contributed by atoms with van der Waals surface area (Å²) in [6, 6.07) is 15.3. The Balaban J connectivity index is 1.55. The summed E-state index contributed by atoms with van der Waals surface area (Å²) in [6.45, 7) is 2.20. The molecule has 0 atom stereocenters. The molecule has 9 heteroatoms. The largest absolute Gasteiger partial charge is 0.467 e. The highest BCUT2D eigenvalue weighted by Gasteiger charge is 2.19. The number of carbonyl (C=O) groups excluding carboxylic acids is 1. The summed E-state index contributed by atoms with van der Waals surface area (Å²) < 4.78 is 21.6. The number of aryl methyl sites for hydroxylation is 1. The molecule has 1 amide bonds. The summed E-state index contributed by atoms with van der Waals surface area (Å²) in [6.07, 6.45) is 1.57. The van der Waals surface area contributed by atoms with Gasteiger partial charge in [0.1, 0.15) is 11.6 Å². The molecule has 0 saturated heterocycles. The molecule has 0 aliphatic carbocycles. The molecule has 0 spiro atoms. The Morgan fingerprint density at radius 2 is 2.03 bits per heavy atom. The van der Waals surface area contributed by atoms with Crippen molar-refractivity contribution in [2.75, 3.05) is 11.1 Å². The molecule has 158 valence electrons. The molecule has 1 N–H and O–H groups in total. The summed E-state index contributed by atoms with van der Waals surface area (Å²) in [5, 5.41) is 12.2. The van der Waals surface area contributed by atoms with Crippen molar-refractivity contribution in [1.82, 2.24) is 14.8 Å². The second-order valence-electron chi connectivity index (χ2n) is 6.75. The van der Waals surface area contributed by atoms with Crippen LogP contribution in [0.3, 0.4) is 0 Å². The molecule has 2 aromatic heterocycles. The maximum Gasteiger partial charge on any atom is 0.234 e. The van der Waals surface area contributed by atoms with E-state index in [1.807, 2.05) is 19.1 Å². The minimum absolute atomic E-state index is 0.0967. The van der Waals surface area contributed by atoms with E-state index in [2.05, 4.69) is 15.5 Å². The summed E-state index contributed by atoms with van der Waals surface area (Å²) in [4.78, 5) is 12.5. The van der Waals surface area contributed by atoms with Gasteiger partial charge in [0.2, 0.25) is 5.91 Å². The van der Waals surface area contributed by atoms with Crippen LogP contribution < -0.4 is 5.32 Å². The van der Waals surface area contributed by atoms with Crippen molar-refractivity contribution in [3.05, 3.63) is 83.0 Å². The number of benzene rings is 2. The summed E-state index contributed by atoms with van der Waals surface area (Å²) in [7, 11) is 0. The lowest BCUT2D eigenvalue weighted by Gasteiger charge is -2.10. The van der Waals surface area contributed by atoms with E-state index in [9.17, 15) is 9.18 Å². The minimum atomic E-state index is -0.402. The van der Waals surface area contributed by atoms with E-state index in [1.54, 1.807) is 47.2 Å². The van der Waals surface area contributed by atoms with Crippen LogP contribution in [-0.4, -0.2) is 26.4 Å². The second-order valence-corrected chi connectivity index (χ2v) is 8.13. The van der Waals surface area contributed by atoms with Crippen LogP contribution in [0.4, 0.5) is 10.1 Å². The number of carbonyl (C=O) groups is 1. The van der Waals surface area contributed by atoms with Gasteiger partial charge in [0.05, 0.1) is 24.1 Å². The van der Waals surface area contributed by atoms with E-state index in [0.717, 1.165) is 5.56 Å². The van der Waals surface area contributed by atoms with E-state index in [4.69, 9.17) is 16.0 Å². The van der Waals surface area contributed by atoms with E-state index < -0.39 is 5.82 Å². The monoisotopic (exact) mass is 456 g/mol. The molecular weight excluding hydrogens is 439 g/mol. The van der Waals surface area contributed by atoms with Crippen molar-refractivity contribution >= 4 is 35.0 Å². The predicted molar refractivity (Wildman–Crippen MR) is 119 cm³/mol. The predicted octanol–water partition coefficient (Wildman–Crippen LogP) is 5.42. The highest BCUT2D eigenvalue weighted by molar-refractivity contribution is 7.99. The third-order valence-corrected chi connectivity index (χ3v) is 5.73. The molecular formula is C22H18ClFN4O2S. The zero-order chi connectivity index (χ0) is 21.8. The van der Waals surface area contributed by atoms with Gasteiger partial charge in [0.15, 0.2) is 11.0 Å². The number of anilines is 1. The Labute approximate surface area is 187 Å². The van der Waals surface area contributed by atoms with Gasteiger partial charge < -0.3 is 9.73 Å². The smallest absolute Gasteiger partial charge is 0.234 e. The molecule has 2 aromatic carbocycles. The van der Waals surface area contributed by atoms with Crippen LogP contribution >= 0.6 is 23.4 Å². The van der Waals surface area contributed by atoms with Gasteiger partial charge in [-0.1, -0.05) is 41.6 Å². The highest BCUT2D eigenvalue weighted by atomic mass is 35.5. The number of thioether (sulfide) groups is 1. The fraction of sp³-hybridized carbons (Fsp3) is 0.136. The molecule has 0 unspecified atom stereocenters. The van der Waals surface area contributed by atoms with Gasteiger partial charge in [-0.2, -0.15) is 0 Å². The molecule has 0 saturated carbocycles. The van der Waals surface area contributed by atoms with Gasteiger partial charge in [-0.3, -0.25) is 9.36 Å². The third-order valence-electron chi connectivity index (χ3n) is 4.53. The normalized spacial score (nSPS) is 10.9. The van der Waals surface area contributed by atoms with Crippen molar-refractivity contribution < 1.29 is 13.6 Å². The van der Waals surface area contributed by atoms with Crippen LogP contribution in [0.2, 0.25) is 5.02 Å². The summed E-state index contributed by atoms with van der Waals surface area (Å²) in [5.41, 5.74) is 1.89. The maximum atomic E-state index is 14.4. The van der Waals surface area contributed by atoms with Crippen molar-refractivity contribution in [2.45, 2.75) is 18.6 Å². The van der Waals surface area contributed by atoms with E-state index in [0.29, 0.717) is 39.6 Å². The SMILES string of the molecule is Cc1ccc(Cl)cc1NC(=O)CSc1nnc(-c2ccccc2F)n1Cc1ccco1. The molecule has 2 heterocycles. The van der Waals surface area contributed by atoms with Crippen molar-refractivity contribution in [3.63, 3.8) is 0 Å². The number of nitrogens with one attached hydrogen (secondary N) is 1. The third kappa shape index (κ3) is 4.98. The number of furan rings is 1. The number of aromatic nitrogens is 3. The quantitative estimate of drug-likeness (QED) is 0.376. The Bertz CT molecular complexity index is 1210. The van der Waals surface area contributed by atoms with Gasteiger partial charge in [0.25, 0.3) is 0 Å². The molecule has 0 radical (unpaired) electrons. The molecule has 6 nitrogen and oxygen atoms in total. The number of halogens is 2. The van der Waals surface area contributed by atoms with Crippen molar-refractivity contribution in [1.29, 1.82) is 0 Å². The van der Waals surface area contributed by atoms with Gasteiger partial charge in [-0.05, 0) is 48.9 Å². The van der Waals surface area contributed by atoms with Crippen molar-refractivity contribution in [2.24, 2.45) is 0 Å². The first-order valence-electron chi connectivity index (χ1n) is 9.40. The average Bonchev–Trinajstić information content (AvgIpc) is 3.40. The van der Waals surface area contributed by atoms with Crippen LogP contribution in [0.15, 0.2) is 70.4 Å². The average molecular weight is 457 g/mol. The lowest BCUT2D eigenvalue weighted by atomic mass is 10.2. The van der Waals surface area contributed by atoms with E-state index in [-0.39, 0.29) is 11.7 Å². The fourth-order valence-electron chi connectivity index (χ4n) is 2.98. The van der Waals surface area contributed by atoms with Crippen LogP contribution in [0, 0.1) is 12.7 Å². The molecule has 4 aromatic rings. The molecule has 0 aliphatic rings. The van der Waals surface area contributed by atoms with Gasteiger partial charge in [-0.15, -0.1) is 10.2 Å². The maximum absolute atomic E-state index is 14.4. The number of rotatable bonds is 7. The first kappa shape index (κ1) is 21.1. The number of hydrogen-bond acceptors (Lipinski definition) is 5. The standard InChI is InChI=1S/C22H18ClFN4O2S/c1-14-8-9-15(23)11-19(14)25-20(29)13-31-22-27-26-21(17-6-2-3-7-18(17)24)28(22)12-16-5-4-10-30-16/h2-11H,12-13H2,1H3,(H,25,29). The van der Waals surface area contributed by atoms with Crippen LogP contribution in [0.1, 0.15) is 11.3 Å². The zero-order valence-corrected chi connectivity index (χ0v) is 18.1. The lowest BCUT2D eigenvalue weighted by Crippen LogP contribution is -2.15. The Morgan fingerprint density at radius 3 is 2.81 bits per heavy atom. The second kappa shape index (κ2) is 9.36. The molecule has 0 aliphatic heterocycles. The Hall–Kier alpha value is -3.10. The topological polar surface area (TPSA) is 73.0 Å². The number of hydrogen-bond donors (Lipinski definition) is 1. The number of amides is 1. The Kier molecular flexibility index (Phi) is 6.39.